The van der Waals surface area contributed by atoms with Gasteiger partial charge in [0.05, 0.1) is 12.7 Å². The van der Waals surface area contributed by atoms with Gasteiger partial charge in [0.1, 0.15) is 0 Å². The molecule has 0 aromatic carbocycles. The number of hydrogen-bond donors (Lipinski definition) is 2. The molecule has 4 unspecified atom stereocenters. The van der Waals surface area contributed by atoms with Gasteiger partial charge in [-0.25, -0.2) is 0 Å². The molecule has 3 rings (SSSR count). The SMILES string of the molecule is CN=C(NCC1CN2CCCC2CO1)NC1CN(C(C)C)CC1C. The van der Waals surface area contributed by atoms with Gasteiger partial charge in [-0.3, -0.25) is 14.8 Å². The molecule has 0 saturated carbocycles. The van der Waals surface area contributed by atoms with Crippen LogP contribution in [0, 0.1) is 5.92 Å². The molecule has 4 atom stereocenters. The van der Waals surface area contributed by atoms with Crippen LogP contribution in [-0.4, -0.2) is 86.4 Å². The number of guanidine groups is 1. The highest BCUT2D eigenvalue weighted by molar-refractivity contribution is 5.80. The topological polar surface area (TPSA) is 52.1 Å². The van der Waals surface area contributed by atoms with Crippen LogP contribution in [0.2, 0.25) is 0 Å². The lowest BCUT2D eigenvalue weighted by atomic mass is 10.1. The van der Waals surface area contributed by atoms with Gasteiger partial charge in [0.25, 0.3) is 0 Å². The Morgan fingerprint density at radius 2 is 2.12 bits per heavy atom. The summed E-state index contributed by atoms with van der Waals surface area (Å²) in [6.07, 6.45) is 2.89. The van der Waals surface area contributed by atoms with E-state index in [-0.39, 0.29) is 6.10 Å². The summed E-state index contributed by atoms with van der Waals surface area (Å²) in [5.41, 5.74) is 0. The molecule has 3 fully saturated rings. The molecular weight excluding hydrogens is 302 g/mol. The first-order valence-electron chi connectivity index (χ1n) is 9.63. The fraction of sp³-hybridized carbons (Fsp3) is 0.944. The summed E-state index contributed by atoms with van der Waals surface area (Å²) in [4.78, 5) is 9.54. The number of hydrogen-bond acceptors (Lipinski definition) is 4. The van der Waals surface area contributed by atoms with Crippen molar-refractivity contribution >= 4 is 5.96 Å². The Morgan fingerprint density at radius 1 is 1.29 bits per heavy atom. The van der Waals surface area contributed by atoms with Gasteiger partial charge in [0.2, 0.25) is 0 Å². The first-order valence-corrected chi connectivity index (χ1v) is 9.63. The molecule has 0 aromatic heterocycles. The molecule has 3 aliphatic heterocycles. The van der Waals surface area contributed by atoms with Crippen LogP contribution < -0.4 is 10.6 Å². The van der Waals surface area contributed by atoms with Crippen molar-refractivity contribution in [2.75, 3.05) is 46.4 Å². The summed E-state index contributed by atoms with van der Waals surface area (Å²) >= 11 is 0. The first-order chi connectivity index (χ1) is 11.6. The van der Waals surface area contributed by atoms with Crippen LogP contribution in [0.25, 0.3) is 0 Å². The Morgan fingerprint density at radius 3 is 2.83 bits per heavy atom. The number of morpholine rings is 1. The lowest BCUT2D eigenvalue weighted by Crippen LogP contribution is -2.53. The molecule has 0 aliphatic carbocycles. The molecule has 0 spiro atoms. The summed E-state index contributed by atoms with van der Waals surface area (Å²) in [7, 11) is 1.85. The minimum absolute atomic E-state index is 0.270. The van der Waals surface area contributed by atoms with Crippen LogP contribution in [0.15, 0.2) is 4.99 Å². The van der Waals surface area contributed by atoms with E-state index in [0.29, 0.717) is 24.0 Å². The monoisotopic (exact) mass is 337 g/mol. The second kappa shape index (κ2) is 8.02. The Kier molecular flexibility index (Phi) is 6.00. The third kappa shape index (κ3) is 4.21. The van der Waals surface area contributed by atoms with E-state index in [1.165, 1.54) is 19.4 Å². The molecular formula is C18H35N5O. The molecule has 138 valence electrons. The Hall–Kier alpha value is -0.850. The van der Waals surface area contributed by atoms with Gasteiger partial charge in [-0.2, -0.15) is 0 Å². The smallest absolute Gasteiger partial charge is 0.191 e. The molecule has 6 heteroatoms. The van der Waals surface area contributed by atoms with Crippen molar-refractivity contribution in [3.8, 4) is 0 Å². The van der Waals surface area contributed by atoms with Crippen LogP contribution in [0.3, 0.4) is 0 Å². The van der Waals surface area contributed by atoms with Gasteiger partial charge in [-0.15, -0.1) is 0 Å². The molecule has 0 bridgehead atoms. The van der Waals surface area contributed by atoms with Crippen LogP contribution in [-0.2, 0) is 4.74 Å². The zero-order valence-corrected chi connectivity index (χ0v) is 15.8. The summed E-state index contributed by atoms with van der Waals surface area (Å²) < 4.78 is 6.03. The molecule has 2 N–H and O–H groups in total. The van der Waals surface area contributed by atoms with E-state index in [1.807, 2.05) is 7.05 Å². The fourth-order valence-electron chi connectivity index (χ4n) is 4.20. The van der Waals surface area contributed by atoms with Gasteiger partial charge in [0, 0.05) is 51.4 Å². The van der Waals surface area contributed by atoms with Gasteiger partial charge in [0.15, 0.2) is 5.96 Å². The van der Waals surface area contributed by atoms with Gasteiger partial charge in [-0.1, -0.05) is 6.92 Å². The quantitative estimate of drug-likeness (QED) is 0.585. The molecule has 3 heterocycles. The summed E-state index contributed by atoms with van der Waals surface area (Å²) in [5.74, 6) is 1.55. The van der Waals surface area contributed by atoms with Gasteiger partial charge in [-0.05, 0) is 39.2 Å². The van der Waals surface area contributed by atoms with E-state index in [1.54, 1.807) is 0 Å². The number of ether oxygens (including phenoxy) is 1. The molecule has 24 heavy (non-hydrogen) atoms. The molecule has 3 aliphatic rings. The number of aliphatic imine (C=N–C) groups is 1. The van der Waals surface area contributed by atoms with Crippen molar-refractivity contribution in [1.82, 2.24) is 20.4 Å². The lowest BCUT2D eigenvalue weighted by Gasteiger charge is -2.35. The second-order valence-corrected chi connectivity index (χ2v) is 7.98. The fourth-order valence-corrected chi connectivity index (χ4v) is 4.20. The van der Waals surface area contributed by atoms with Crippen molar-refractivity contribution in [2.24, 2.45) is 10.9 Å². The number of likely N-dealkylation sites (tertiary alicyclic amines) is 1. The maximum absolute atomic E-state index is 6.03. The normalized spacial score (nSPS) is 35.5. The molecule has 0 radical (unpaired) electrons. The molecule has 0 amide bonds. The summed E-state index contributed by atoms with van der Waals surface area (Å²) in [6.45, 7) is 13.1. The third-order valence-electron chi connectivity index (χ3n) is 5.88. The van der Waals surface area contributed by atoms with Crippen molar-refractivity contribution in [3.05, 3.63) is 0 Å². The van der Waals surface area contributed by atoms with Crippen molar-refractivity contribution in [3.63, 3.8) is 0 Å². The van der Waals surface area contributed by atoms with E-state index in [0.717, 1.165) is 38.7 Å². The third-order valence-corrected chi connectivity index (χ3v) is 5.88. The van der Waals surface area contributed by atoms with E-state index in [4.69, 9.17) is 4.74 Å². The molecule has 0 aromatic rings. The number of nitrogens with zero attached hydrogens (tertiary/aromatic N) is 3. The number of fused-ring (bicyclic) bond motifs is 1. The van der Waals surface area contributed by atoms with Crippen molar-refractivity contribution in [2.45, 2.75) is 57.8 Å². The van der Waals surface area contributed by atoms with E-state index in [2.05, 4.69) is 46.2 Å². The number of nitrogens with one attached hydrogen (secondary N) is 2. The minimum atomic E-state index is 0.270. The predicted molar refractivity (Wildman–Crippen MR) is 98.5 cm³/mol. The standard InChI is InChI=1S/C18H35N5O/c1-13(2)23-9-14(3)17(11-23)21-18(19-4)20-8-16-10-22-7-5-6-15(22)12-24-16/h13-17H,5-12H2,1-4H3,(H2,19,20,21). The highest BCUT2D eigenvalue weighted by Crippen LogP contribution is 2.22. The van der Waals surface area contributed by atoms with Gasteiger partial charge >= 0.3 is 0 Å². The van der Waals surface area contributed by atoms with Crippen LogP contribution in [0.4, 0.5) is 0 Å². The lowest BCUT2D eigenvalue weighted by molar-refractivity contribution is -0.0453. The largest absolute Gasteiger partial charge is 0.373 e. The van der Waals surface area contributed by atoms with Crippen molar-refractivity contribution in [1.29, 1.82) is 0 Å². The Bertz CT molecular complexity index is 441. The number of rotatable bonds is 4. The first kappa shape index (κ1) is 18.0. The maximum Gasteiger partial charge on any atom is 0.191 e. The van der Waals surface area contributed by atoms with E-state index >= 15 is 0 Å². The van der Waals surface area contributed by atoms with E-state index < -0.39 is 0 Å². The highest BCUT2D eigenvalue weighted by Gasteiger charge is 2.33. The predicted octanol–water partition coefficient (Wildman–Crippen LogP) is 0.743. The second-order valence-electron chi connectivity index (χ2n) is 7.98. The molecule has 3 saturated heterocycles. The van der Waals surface area contributed by atoms with Crippen LogP contribution >= 0.6 is 0 Å². The maximum atomic E-state index is 6.03. The highest BCUT2D eigenvalue weighted by atomic mass is 16.5. The van der Waals surface area contributed by atoms with Crippen molar-refractivity contribution < 1.29 is 4.74 Å². The minimum Gasteiger partial charge on any atom is -0.373 e. The Labute approximate surface area is 147 Å². The summed E-state index contributed by atoms with van der Waals surface area (Å²) in [5, 5.41) is 7.09. The average molecular weight is 338 g/mol. The molecule has 6 nitrogen and oxygen atoms in total. The average Bonchev–Trinajstić information content (AvgIpc) is 3.17. The summed E-state index contributed by atoms with van der Waals surface area (Å²) in [6, 6.07) is 1.74. The van der Waals surface area contributed by atoms with Crippen LogP contribution in [0.5, 0.6) is 0 Å². The van der Waals surface area contributed by atoms with Gasteiger partial charge < -0.3 is 15.4 Å². The van der Waals surface area contributed by atoms with Crippen LogP contribution in [0.1, 0.15) is 33.6 Å². The zero-order chi connectivity index (χ0) is 17.1. The zero-order valence-electron chi connectivity index (χ0n) is 15.8. The van der Waals surface area contributed by atoms with E-state index in [9.17, 15) is 0 Å². The Balaban J connectivity index is 1.44.